The SMILES string of the molecule is CC=C(O)C(O)C1CO1. The first-order valence-corrected chi connectivity index (χ1v) is 2.90. The highest BCUT2D eigenvalue weighted by Gasteiger charge is 2.33. The van der Waals surface area contributed by atoms with Crippen molar-refractivity contribution >= 4 is 0 Å². The topological polar surface area (TPSA) is 53.0 Å². The molecule has 0 aromatic heterocycles. The van der Waals surface area contributed by atoms with Crippen molar-refractivity contribution in [2.45, 2.75) is 19.1 Å². The minimum atomic E-state index is -0.810. The molecule has 1 rings (SSSR count). The fourth-order valence-electron chi connectivity index (χ4n) is 0.599. The molecular weight excluding hydrogens is 120 g/mol. The Bertz CT molecular complexity index is 126. The average Bonchev–Trinajstić information content (AvgIpc) is 2.66. The summed E-state index contributed by atoms with van der Waals surface area (Å²) >= 11 is 0. The van der Waals surface area contributed by atoms with Crippen molar-refractivity contribution in [3.63, 3.8) is 0 Å². The van der Waals surface area contributed by atoms with Gasteiger partial charge in [0.15, 0.2) is 0 Å². The lowest BCUT2D eigenvalue weighted by Crippen LogP contribution is -2.16. The smallest absolute Gasteiger partial charge is 0.139 e. The van der Waals surface area contributed by atoms with Gasteiger partial charge in [-0.2, -0.15) is 0 Å². The molecule has 0 aliphatic carbocycles. The van der Waals surface area contributed by atoms with E-state index in [0.717, 1.165) is 0 Å². The van der Waals surface area contributed by atoms with E-state index in [2.05, 4.69) is 0 Å². The fourth-order valence-corrected chi connectivity index (χ4v) is 0.599. The Kier molecular flexibility index (Phi) is 1.73. The van der Waals surface area contributed by atoms with Gasteiger partial charge in [0.25, 0.3) is 0 Å². The second-order valence-electron chi connectivity index (χ2n) is 2.03. The van der Waals surface area contributed by atoms with Gasteiger partial charge in [-0.1, -0.05) is 0 Å². The summed E-state index contributed by atoms with van der Waals surface area (Å²) in [7, 11) is 0. The van der Waals surface area contributed by atoms with Gasteiger partial charge in [0, 0.05) is 0 Å². The summed E-state index contributed by atoms with van der Waals surface area (Å²) in [6, 6.07) is 0. The fraction of sp³-hybridized carbons (Fsp3) is 0.667. The molecule has 0 radical (unpaired) electrons. The molecule has 3 nitrogen and oxygen atoms in total. The van der Waals surface area contributed by atoms with Crippen LogP contribution in [-0.2, 0) is 4.74 Å². The normalized spacial score (nSPS) is 30.0. The van der Waals surface area contributed by atoms with Crippen molar-refractivity contribution in [1.29, 1.82) is 0 Å². The quantitative estimate of drug-likeness (QED) is 0.415. The predicted octanol–water partition coefficient (Wildman–Crippen LogP) is 0.208. The summed E-state index contributed by atoms with van der Waals surface area (Å²) in [4.78, 5) is 0. The van der Waals surface area contributed by atoms with Crippen LogP contribution in [0.25, 0.3) is 0 Å². The third-order valence-corrected chi connectivity index (χ3v) is 1.31. The number of rotatable bonds is 2. The van der Waals surface area contributed by atoms with Crippen LogP contribution in [0.5, 0.6) is 0 Å². The molecule has 1 aliphatic rings. The zero-order valence-corrected chi connectivity index (χ0v) is 5.24. The lowest BCUT2D eigenvalue weighted by Gasteiger charge is -2.03. The van der Waals surface area contributed by atoms with Crippen molar-refractivity contribution in [2.24, 2.45) is 0 Å². The first-order chi connectivity index (χ1) is 4.25. The van der Waals surface area contributed by atoms with Gasteiger partial charge in [-0.25, -0.2) is 0 Å². The standard InChI is InChI=1S/C6H10O3/c1-2-4(7)6(8)5-3-9-5/h2,5-8H,3H2,1H3. The molecule has 1 fully saturated rings. The Hall–Kier alpha value is -0.540. The monoisotopic (exact) mass is 130 g/mol. The number of ether oxygens (including phenoxy) is 1. The summed E-state index contributed by atoms with van der Waals surface area (Å²) < 4.78 is 4.74. The van der Waals surface area contributed by atoms with Crippen LogP contribution in [0.3, 0.4) is 0 Å². The number of hydrogen-bond donors (Lipinski definition) is 2. The third-order valence-electron chi connectivity index (χ3n) is 1.31. The molecule has 0 aromatic rings. The number of epoxide rings is 1. The van der Waals surface area contributed by atoms with Gasteiger partial charge in [-0.05, 0) is 13.0 Å². The van der Waals surface area contributed by atoms with Crippen LogP contribution >= 0.6 is 0 Å². The van der Waals surface area contributed by atoms with Gasteiger partial charge in [0.1, 0.15) is 18.0 Å². The van der Waals surface area contributed by atoms with E-state index in [1.54, 1.807) is 6.92 Å². The van der Waals surface area contributed by atoms with Crippen molar-refractivity contribution in [1.82, 2.24) is 0 Å². The molecule has 0 spiro atoms. The second-order valence-corrected chi connectivity index (χ2v) is 2.03. The van der Waals surface area contributed by atoms with E-state index in [-0.39, 0.29) is 11.9 Å². The molecule has 2 atom stereocenters. The Morgan fingerprint density at radius 1 is 1.89 bits per heavy atom. The van der Waals surface area contributed by atoms with E-state index >= 15 is 0 Å². The first-order valence-electron chi connectivity index (χ1n) is 2.90. The predicted molar refractivity (Wildman–Crippen MR) is 32.1 cm³/mol. The van der Waals surface area contributed by atoms with E-state index in [1.165, 1.54) is 6.08 Å². The molecule has 9 heavy (non-hydrogen) atoms. The number of hydrogen-bond acceptors (Lipinski definition) is 3. The number of allylic oxidation sites excluding steroid dienone is 1. The van der Waals surface area contributed by atoms with Crippen LogP contribution in [-0.4, -0.2) is 29.0 Å². The van der Waals surface area contributed by atoms with Crippen LogP contribution < -0.4 is 0 Å². The Labute approximate surface area is 53.6 Å². The van der Waals surface area contributed by atoms with Crippen LogP contribution in [0.15, 0.2) is 11.8 Å². The van der Waals surface area contributed by atoms with Crippen molar-refractivity contribution < 1.29 is 14.9 Å². The van der Waals surface area contributed by atoms with Gasteiger partial charge < -0.3 is 14.9 Å². The highest BCUT2D eigenvalue weighted by atomic mass is 16.6. The minimum absolute atomic E-state index is 0.00231. The molecule has 52 valence electrons. The molecule has 0 aromatic carbocycles. The second kappa shape index (κ2) is 2.37. The molecule has 1 saturated heterocycles. The van der Waals surface area contributed by atoms with Crippen molar-refractivity contribution in [2.75, 3.05) is 6.61 Å². The molecule has 0 saturated carbocycles. The summed E-state index contributed by atoms with van der Waals surface area (Å²) in [6.45, 7) is 2.22. The van der Waals surface area contributed by atoms with E-state index in [1.807, 2.05) is 0 Å². The molecule has 0 bridgehead atoms. The molecular formula is C6H10O3. The maximum Gasteiger partial charge on any atom is 0.139 e. The van der Waals surface area contributed by atoms with Gasteiger partial charge in [0.05, 0.1) is 6.61 Å². The Balaban J connectivity index is 2.40. The van der Waals surface area contributed by atoms with Gasteiger partial charge >= 0.3 is 0 Å². The zero-order chi connectivity index (χ0) is 6.85. The van der Waals surface area contributed by atoms with Gasteiger partial charge in [-0.3, -0.25) is 0 Å². The highest BCUT2D eigenvalue weighted by Crippen LogP contribution is 2.17. The lowest BCUT2D eigenvalue weighted by atomic mass is 10.2. The van der Waals surface area contributed by atoms with Crippen LogP contribution in [0.4, 0.5) is 0 Å². The van der Waals surface area contributed by atoms with E-state index in [4.69, 9.17) is 14.9 Å². The average molecular weight is 130 g/mol. The van der Waals surface area contributed by atoms with E-state index in [0.29, 0.717) is 6.61 Å². The van der Waals surface area contributed by atoms with Crippen LogP contribution in [0.2, 0.25) is 0 Å². The van der Waals surface area contributed by atoms with Crippen molar-refractivity contribution in [3.05, 3.63) is 11.8 Å². The van der Waals surface area contributed by atoms with Crippen molar-refractivity contribution in [3.8, 4) is 0 Å². The molecule has 3 heteroatoms. The molecule has 0 amide bonds. The first kappa shape index (κ1) is 6.58. The van der Waals surface area contributed by atoms with Crippen LogP contribution in [0.1, 0.15) is 6.92 Å². The summed E-state index contributed by atoms with van der Waals surface area (Å²) in [5, 5.41) is 17.9. The lowest BCUT2D eigenvalue weighted by molar-refractivity contribution is 0.121. The Morgan fingerprint density at radius 2 is 2.44 bits per heavy atom. The summed E-state index contributed by atoms with van der Waals surface area (Å²) in [5.74, 6) is -0.00231. The van der Waals surface area contributed by atoms with E-state index in [9.17, 15) is 0 Å². The summed E-state index contributed by atoms with van der Waals surface area (Å²) in [5.41, 5.74) is 0. The summed E-state index contributed by atoms with van der Waals surface area (Å²) in [6.07, 6.45) is 0.489. The Morgan fingerprint density at radius 3 is 2.78 bits per heavy atom. The largest absolute Gasteiger partial charge is 0.510 e. The van der Waals surface area contributed by atoms with Gasteiger partial charge in [0.2, 0.25) is 0 Å². The molecule has 2 N–H and O–H groups in total. The highest BCUT2D eigenvalue weighted by molar-refractivity contribution is 5.02. The minimum Gasteiger partial charge on any atom is -0.510 e. The number of aliphatic hydroxyl groups is 2. The maximum atomic E-state index is 9.01. The van der Waals surface area contributed by atoms with Crippen LogP contribution in [0, 0.1) is 0 Å². The number of aliphatic hydroxyl groups excluding tert-OH is 2. The zero-order valence-electron chi connectivity index (χ0n) is 5.24. The van der Waals surface area contributed by atoms with Gasteiger partial charge in [-0.15, -0.1) is 0 Å². The maximum absolute atomic E-state index is 9.01. The molecule has 2 unspecified atom stereocenters. The molecule has 1 aliphatic heterocycles. The third kappa shape index (κ3) is 1.43. The molecule has 1 heterocycles. The van der Waals surface area contributed by atoms with E-state index < -0.39 is 6.10 Å².